The van der Waals surface area contributed by atoms with Crippen LogP contribution in [0.1, 0.15) is 51.0 Å². The van der Waals surface area contributed by atoms with E-state index in [4.69, 9.17) is 11.6 Å². The van der Waals surface area contributed by atoms with Gasteiger partial charge in [0.25, 0.3) is 0 Å². The molecule has 0 heterocycles. The SMILES string of the molecule is CCCC1(c2ccc(N(c3ccccc3)c3ccc(Cl)cc3)cc2)CCCC1. The lowest BCUT2D eigenvalue weighted by Crippen LogP contribution is -2.21. The van der Waals surface area contributed by atoms with Gasteiger partial charge in [-0.25, -0.2) is 0 Å². The molecule has 0 amide bonds. The van der Waals surface area contributed by atoms with E-state index in [1.165, 1.54) is 49.8 Å². The van der Waals surface area contributed by atoms with Crippen molar-refractivity contribution in [2.45, 2.75) is 50.9 Å². The van der Waals surface area contributed by atoms with Crippen LogP contribution in [0.15, 0.2) is 78.9 Å². The van der Waals surface area contributed by atoms with Crippen molar-refractivity contribution < 1.29 is 0 Å². The topological polar surface area (TPSA) is 3.24 Å². The second kappa shape index (κ2) is 8.41. The van der Waals surface area contributed by atoms with Crippen molar-refractivity contribution in [3.8, 4) is 0 Å². The Morgan fingerprint density at radius 2 is 1.29 bits per heavy atom. The minimum absolute atomic E-state index is 0.394. The van der Waals surface area contributed by atoms with Crippen molar-refractivity contribution in [3.63, 3.8) is 0 Å². The lowest BCUT2D eigenvalue weighted by atomic mass is 9.75. The molecule has 0 N–H and O–H groups in total. The molecular formula is C26H28ClN. The van der Waals surface area contributed by atoms with Crippen LogP contribution in [0.4, 0.5) is 17.1 Å². The minimum atomic E-state index is 0.394. The molecule has 2 heteroatoms. The van der Waals surface area contributed by atoms with E-state index in [1.54, 1.807) is 0 Å². The Labute approximate surface area is 174 Å². The van der Waals surface area contributed by atoms with Crippen molar-refractivity contribution in [1.82, 2.24) is 0 Å². The Kier molecular flexibility index (Phi) is 5.73. The third-order valence-corrected chi connectivity index (χ3v) is 6.38. The van der Waals surface area contributed by atoms with E-state index in [2.05, 4.69) is 78.6 Å². The zero-order valence-corrected chi connectivity index (χ0v) is 17.3. The van der Waals surface area contributed by atoms with E-state index >= 15 is 0 Å². The summed E-state index contributed by atoms with van der Waals surface area (Å²) < 4.78 is 0. The van der Waals surface area contributed by atoms with Crippen LogP contribution in [0.25, 0.3) is 0 Å². The van der Waals surface area contributed by atoms with Crippen LogP contribution in [0.2, 0.25) is 5.02 Å². The summed E-state index contributed by atoms with van der Waals surface area (Å²) in [5, 5.41) is 0.759. The zero-order valence-electron chi connectivity index (χ0n) is 16.6. The van der Waals surface area contributed by atoms with Crippen LogP contribution >= 0.6 is 11.6 Å². The molecule has 0 bridgehead atoms. The Bertz CT molecular complexity index is 878. The standard InChI is InChI=1S/C26H28ClN/c1-2-18-26(19-6-7-20-26)21-10-14-24(15-11-21)28(23-8-4-3-5-9-23)25-16-12-22(27)13-17-25/h3-5,8-17H,2,6-7,18-20H2,1H3. The van der Waals surface area contributed by atoms with Gasteiger partial charge >= 0.3 is 0 Å². The highest BCUT2D eigenvalue weighted by molar-refractivity contribution is 6.30. The number of nitrogens with zero attached hydrogens (tertiary/aromatic N) is 1. The smallest absolute Gasteiger partial charge is 0.0462 e. The Hall–Kier alpha value is -2.25. The van der Waals surface area contributed by atoms with E-state index in [0.717, 1.165) is 16.4 Å². The number of para-hydroxylation sites is 1. The molecule has 3 aromatic carbocycles. The van der Waals surface area contributed by atoms with Crippen LogP contribution < -0.4 is 4.90 Å². The predicted molar refractivity (Wildman–Crippen MR) is 121 cm³/mol. The van der Waals surface area contributed by atoms with Crippen molar-refractivity contribution in [2.75, 3.05) is 4.90 Å². The molecule has 3 aromatic rings. The van der Waals surface area contributed by atoms with Gasteiger partial charge in [0.15, 0.2) is 0 Å². The van der Waals surface area contributed by atoms with E-state index < -0.39 is 0 Å². The molecule has 144 valence electrons. The molecule has 0 aliphatic heterocycles. The highest BCUT2D eigenvalue weighted by Crippen LogP contribution is 2.45. The third kappa shape index (κ3) is 3.82. The fourth-order valence-corrected chi connectivity index (χ4v) is 4.92. The van der Waals surface area contributed by atoms with Crippen LogP contribution in [-0.4, -0.2) is 0 Å². The normalized spacial score (nSPS) is 15.5. The fourth-order valence-electron chi connectivity index (χ4n) is 4.79. The summed E-state index contributed by atoms with van der Waals surface area (Å²) in [5.74, 6) is 0. The molecule has 0 atom stereocenters. The summed E-state index contributed by atoms with van der Waals surface area (Å²) in [6, 6.07) is 27.9. The summed E-state index contributed by atoms with van der Waals surface area (Å²) in [7, 11) is 0. The number of hydrogen-bond donors (Lipinski definition) is 0. The number of rotatable bonds is 6. The number of anilines is 3. The molecule has 0 aromatic heterocycles. The summed E-state index contributed by atoms with van der Waals surface area (Å²) in [4.78, 5) is 2.29. The lowest BCUT2D eigenvalue weighted by molar-refractivity contribution is 0.401. The first-order chi connectivity index (χ1) is 13.7. The molecule has 0 radical (unpaired) electrons. The fraction of sp³-hybridized carbons (Fsp3) is 0.308. The van der Waals surface area contributed by atoms with Gasteiger partial charge in [0.2, 0.25) is 0 Å². The first-order valence-electron chi connectivity index (χ1n) is 10.4. The van der Waals surface area contributed by atoms with Crippen molar-refractivity contribution in [3.05, 3.63) is 89.4 Å². The molecule has 0 unspecified atom stereocenters. The van der Waals surface area contributed by atoms with Gasteiger partial charge in [0.1, 0.15) is 0 Å². The van der Waals surface area contributed by atoms with Gasteiger partial charge in [-0.05, 0) is 78.8 Å². The van der Waals surface area contributed by atoms with Gasteiger partial charge in [-0.1, -0.05) is 68.1 Å². The Morgan fingerprint density at radius 1 is 0.750 bits per heavy atom. The summed E-state index contributed by atoms with van der Waals surface area (Å²) in [6.45, 7) is 2.31. The van der Waals surface area contributed by atoms with Crippen LogP contribution in [0.5, 0.6) is 0 Å². The van der Waals surface area contributed by atoms with E-state index in [-0.39, 0.29) is 0 Å². The average molecular weight is 390 g/mol. The largest absolute Gasteiger partial charge is 0.311 e. The predicted octanol–water partition coefficient (Wildman–Crippen LogP) is 8.42. The average Bonchev–Trinajstić information content (AvgIpc) is 3.21. The summed E-state index contributed by atoms with van der Waals surface area (Å²) >= 11 is 6.13. The molecule has 1 aliphatic rings. The van der Waals surface area contributed by atoms with E-state index in [1.807, 2.05) is 12.1 Å². The van der Waals surface area contributed by atoms with Crippen LogP contribution in [0.3, 0.4) is 0 Å². The highest BCUT2D eigenvalue weighted by Gasteiger charge is 2.34. The molecular weight excluding hydrogens is 362 g/mol. The second-order valence-electron chi connectivity index (χ2n) is 7.93. The number of benzene rings is 3. The maximum Gasteiger partial charge on any atom is 0.0462 e. The van der Waals surface area contributed by atoms with Crippen LogP contribution in [0, 0.1) is 0 Å². The zero-order chi connectivity index (χ0) is 19.4. The maximum atomic E-state index is 6.13. The molecule has 4 rings (SSSR count). The van der Waals surface area contributed by atoms with Gasteiger partial charge < -0.3 is 4.90 Å². The second-order valence-corrected chi connectivity index (χ2v) is 8.37. The van der Waals surface area contributed by atoms with Gasteiger partial charge in [-0.2, -0.15) is 0 Å². The minimum Gasteiger partial charge on any atom is -0.311 e. The molecule has 1 aliphatic carbocycles. The molecule has 0 spiro atoms. The monoisotopic (exact) mass is 389 g/mol. The lowest BCUT2D eigenvalue weighted by Gasteiger charge is -2.31. The Morgan fingerprint density at radius 3 is 1.86 bits per heavy atom. The summed E-state index contributed by atoms with van der Waals surface area (Å²) in [5.41, 5.74) is 5.36. The first-order valence-corrected chi connectivity index (χ1v) is 10.8. The van der Waals surface area contributed by atoms with E-state index in [0.29, 0.717) is 5.41 Å². The maximum absolute atomic E-state index is 6.13. The summed E-state index contributed by atoms with van der Waals surface area (Å²) in [6.07, 6.45) is 7.94. The van der Waals surface area contributed by atoms with Crippen LogP contribution in [-0.2, 0) is 5.41 Å². The quantitative estimate of drug-likeness (QED) is 0.408. The van der Waals surface area contributed by atoms with Gasteiger partial charge in [-0.3, -0.25) is 0 Å². The van der Waals surface area contributed by atoms with Crippen molar-refractivity contribution in [1.29, 1.82) is 0 Å². The third-order valence-electron chi connectivity index (χ3n) is 6.13. The van der Waals surface area contributed by atoms with Gasteiger partial charge in [0, 0.05) is 22.1 Å². The van der Waals surface area contributed by atoms with E-state index in [9.17, 15) is 0 Å². The van der Waals surface area contributed by atoms with Gasteiger partial charge in [-0.15, -0.1) is 0 Å². The highest BCUT2D eigenvalue weighted by atomic mass is 35.5. The van der Waals surface area contributed by atoms with Gasteiger partial charge in [0.05, 0.1) is 0 Å². The number of halogens is 1. The first kappa shape index (κ1) is 19.1. The molecule has 1 saturated carbocycles. The van der Waals surface area contributed by atoms with Crippen molar-refractivity contribution in [2.24, 2.45) is 0 Å². The molecule has 0 saturated heterocycles. The van der Waals surface area contributed by atoms with Crippen molar-refractivity contribution >= 4 is 28.7 Å². The molecule has 28 heavy (non-hydrogen) atoms. The molecule has 1 fully saturated rings. The molecule has 1 nitrogen and oxygen atoms in total. The number of hydrogen-bond acceptors (Lipinski definition) is 1. The Balaban J connectivity index is 1.72.